The van der Waals surface area contributed by atoms with E-state index in [1.807, 2.05) is 0 Å². The number of hydrogen-bond donors (Lipinski definition) is 1. The summed E-state index contributed by atoms with van der Waals surface area (Å²) in [5.41, 5.74) is 0. The lowest BCUT2D eigenvalue weighted by atomic mass is 10.4. The van der Waals surface area contributed by atoms with Gasteiger partial charge in [0.25, 0.3) is 0 Å². The Labute approximate surface area is 82.7 Å². The van der Waals surface area contributed by atoms with Crippen molar-refractivity contribution >= 4 is 23.1 Å². The van der Waals surface area contributed by atoms with E-state index in [9.17, 15) is 4.21 Å². The van der Waals surface area contributed by atoms with Crippen LogP contribution in [0.5, 0.6) is 0 Å². The topological polar surface area (TPSA) is 55.8 Å². The first-order valence-electron chi connectivity index (χ1n) is 3.32. The summed E-state index contributed by atoms with van der Waals surface area (Å²) in [6, 6.07) is 6.54. The van der Waals surface area contributed by atoms with E-state index < -0.39 is 11.1 Å². The average molecular weight is 220 g/mol. The maximum absolute atomic E-state index is 10.7. The Morgan fingerprint density at radius 1 is 1.54 bits per heavy atom. The van der Waals surface area contributed by atoms with Crippen LogP contribution < -0.4 is 0 Å². The molecule has 0 aliphatic heterocycles. The third kappa shape index (κ3) is 3.45. The first-order valence-corrected chi connectivity index (χ1v) is 5.17. The Morgan fingerprint density at radius 2 is 2.31 bits per heavy atom. The molecule has 13 heavy (non-hydrogen) atoms. The second kappa shape index (κ2) is 5.36. The quantitative estimate of drug-likeness (QED) is 0.363. The molecule has 1 unspecified atom stereocenters. The van der Waals surface area contributed by atoms with Gasteiger partial charge in [0.15, 0.2) is 11.1 Å². The molecule has 0 radical (unpaired) electrons. The molecule has 6 heteroatoms. The third-order valence-electron chi connectivity index (χ3n) is 1.21. The molecule has 0 bridgehead atoms. The zero-order valence-electron chi connectivity index (χ0n) is 6.80. The van der Waals surface area contributed by atoms with E-state index in [1.54, 1.807) is 24.3 Å². The van der Waals surface area contributed by atoms with Crippen molar-refractivity contribution in [2.45, 2.75) is 9.79 Å². The molecule has 0 fully saturated rings. The van der Waals surface area contributed by atoms with Crippen LogP contribution in [-0.2, 0) is 20.3 Å². The minimum atomic E-state index is -1.95. The van der Waals surface area contributed by atoms with Crippen LogP contribution in [0, 0.1) is 0 Å². The van der Waals surface area contributed by atoms with Crippen LogP contribution in [0.4, 0.5) is 0 Å². The molecule has 1 rings (SSSR count). The van der Waals surface area contributed by atoms with Crippen LogP contribution in [0.2, 0.25) is 0 Å². The SMILES string of the molecule is COOSc1cccc(S(=O)O)c1. The summed E-state index contributed by atoms with van der Waals surface area (Å²) in [5, 5.41) is 0. The Balaban J connectivity index is 2.73. The molecule has 0 aliphatic rings. The highest BCUT2D eigenvalue weighted by Crippen LogP contribution is 2.21. The Morgan fingerprint density at radius 3 is 2.92 bits per heavy atom. The van der Waals surface area contributed by atoms with E-state index in [2.05, 4.69) is 9.22 Å². The summed E-state index contributed by atoms with van der Waals surface area (Å²) >= 11 is -0.970. The normalized spacial score (nSPS) is 12.8. The van der Waals surface area contributed by atoms with Crippen LogP contribution in [0.15, 0.2) is 34.1 Å². The van der Waals surface area contributed by atoms with E-state index in [0.29, 0.717) is 9.79 Å². The number of rotatable bonds is 4. The van der Waals surface area contributed by atoms with E-state index in [4.69, 9.17) is 4.55 Å². The van der Waals surface area contributed by atoms with Gasteiger partial charge in [0.1, 0.15) is 0 Å². The maximum atomic E-state index is 10.7. The van der Waals surface area contributed by atoms with Crippen LogP contribution in [0.3, 0.4) is 0 Å². The van der Waals surface area contributed by atoms with Crippen molar-refractivity contribution in [2.24, 2.45) is 0 Å². The molecule has 1 N–H and O–H groups in total. The van der Waals surface area contributed by atoms with Gasteiger partial charge in [-0.3, -0.25) is 0 Å². The molecule has 1 aromatic carbocycles. The molecule has 72 valence electrons. The predicted molar refractivity (Wildman–Crippen MR) is 49.4 cm³/mol. The fourth-order valence-electron chi connectivity index (χ4n) is 0.708. The monoisotopic (exact) mass is 220 g/mol. The van der Waals surface area contributed by atoms with Gasteiger partial charge >= 0.3 is 0 Å². The van der Waals surface area contributed by atoms with Crippen LogP contribution in [0.25, 0.3) is 0 Å². The van der Waals surface area contributed by atoms with Gasteiger partial charge in [0.05, 0.1) is 24.0 Å². The molecule has 1 atom stereocenters. The molecule has 0 aromatic heterocycles. The zero-order valence-corrected chi connectivity index (χ0v) is 8.43. The highest BCUT2D eigenvalue weighted by molar-refractivity contribution is 7.94. The zero-order chi connectivity index (χ0) is 9.68. The van der Waals surface area contributed by atoms with E-state index in [0.717, 1.165) is 12.0 Å². The summed E-state index contributed by atoms with van der Waals surface area (Å²) in [5.74, 6) is 0. The van der Waals surface area contributed by atoms with Gasteiger partial charge in [0, 0.05) is 4.90 Å². The van der Waals surface area contributed by atoms with E-state index in [-0.39, 0.29) is 0 Å². The van der Waals surface area contributed by atoms with Crippen molar-refractivity contribution in [3.63, 3.8) is 0 Å². The largest absolute Gasteiger partial charge is 0.302 e. The summed E-state index contributed by atoms with van der Waals surface area (Å²) in [4.78, 5) is 5.42. The fraction of sp³-hybridized carbons (Fsp3) is 0.143. The van der Waals surface area contributed by atoms with E-state index in [1.165, 1.54) is 7.11 Å². The van der Waals surface area contributed by atoms with Crippen LogP contribution >= 0.6 is 12.0 Å². The lowest BCUT2D eigenvalue weighted by molar-refractivity contribution is -0.160. The standard InChI is InChI=1S/C7H8O4S2/c1-10-11-12-6-3-2-4-7(5-6)13(8)9/h2-5H,1H3,(H,8,9). The number of hydrogen-bond acceptors (Lipinski definition) is 4. The molecule has 0 spiro atoms. The summed E-state index contributed by atoms with van der Waals surface area (Å²) in [6.45, 7) is 0. The smallest absolute Gasteiger partial charge is 0.186 e. The minimum absolute atomic E-state index is 0.338. The first kappa shape index (κ1) is 10.7. The lowest BCUT2D eigenvalue weighted by Gasteiger charge is -1.99. The first-order chi connectivity index (χ1) is 6.24. The van der Waals surface area contributed by atoms with Gasteiger partial charge in [-0.05, 0) is 18.2 Å². The third-order valence-corrected chi connectivity index (χ3v) is 2.51. The summed E-state index contributed by atoms with van der Waals surface area (Å²) in [6.07, 6.45) is 0. The van der Waals surface area contributed by atoms with Crippen molar-refractivity contribution in [3.8, 4) is 0 Å². The van der Waals surface area contributed by atoms with Gasteiger partial charge in [-0.15, -0.1) is 0 Å². The minimum Gasteiger partial charge on any atom is -0.302 e. The average Bonchev–Trinajstić information content (AvgIpc) is 2.15. The Kier molecular flexibility index (Phi) is 4.40. The highest BCUT2D eigenvalue weighted by atomic mass is 32.2. The van der Waals surface area contributed by atoms with Gasteiger partial charge in [0.2, 0.25) is 0 Å². The molecule has 0 saturated carbocycles. The predicted octanol–water partition coefficient (Wildman–Crippen LogP) is 1.85. The molecule has 0 amide bonds. The van der Waals surface area contributed by atoms with Crippen LogP contribution in [0.1, 0.15) is 0 Å². The second-order valence-corrected chi connectivity index (χ2v) is 3.79. The summed E-state index contributed by atoms with van der Waals surface area (Å²) < 4.78 is 24.0. The molecule has 4 nitrogen and oxygen atoms in total. The summed E-state index contributed by atoms with van der Waals surface area (Å²) in [7, 11) is 1.39. The van der Waals surface area contributed by atoms with Gasteiger partial charge in [-0.25, -0.2) is 9.10 Å². The Hall–Kier alpha value is -0.400. The van der Waals surface area contributed by atoms with Gasteiger partial charge < -0.3 is 4.55 Å². The molecule has 0 saturated heterocycles. The van der Waals surface area contributed by atoms with Crippen molar-refractivity contribution in [3.05, 3.63) is 24.3 Å². The van der Waals surface area contributed by atoms with Crippen molar-refractivity contribution < 1.29 is 18.0 Å². The van der Waals surface area contributed by atoms with Crippen molar-refractivity contribution in [1.82, 2.24) is 0 Å². The second-order valence-electron chi connectivity index (χ2n) is 2.04. The number of benzene rings is 1. The fourth-order valence-corrected chi connectivity index (χ4v) is 1.66. The van der Waals surface area contributed by atoms with Crippen molar-refractivity contribution in [1.29, 1.82) is 0 Å². The van der Waals surface area contributed by atoms with Gasteiger partial charge in [-0.2, -0.15) is 4.33 Å². The van der Waals surface area contributed by atoms with Crippen molar-refractivity contribution in [2.75, 3.05) is 7.11 Å². The molecule has 1 aromatic rings. The van der Waals surface area contributed by atoms with E-state index >= 15 is 0 Å². The molecular weight excluding hydrogens is 212 g/mol. The Bertz CT molecular complexity index is 302. The van der Waals surface area contributed by atoms with Crippen LogP contribution in [-0.4, -0.2) is 15.9 Å². The molecule has 0 heterocycles. The maximum Gasteiger partial charge on any atom is 0.186 e. The lowest BCUT2D eigenvalue weighted by Crippen LogP contribution is -1.88. The van der Waals surface area contributed by atoms with Gasteiger partial charge in [-0.1, -0.05) is 6.07 Å². The molecular formula is C7H8O4S2. The highest BCUT2D eigenvalue weighted by Gasteiger charge is 2.01. The molecule has 0 aliphatic carbocycles.